The molecule has 0 aliphatic heterocycles. The zero-order valence-electron chi connectivity index (χ0n) is 10.0. The number of ether oxygens (including phenoxy) is 2. The molecule has 90 valence electrons. The van der Waals surface area contributed by atoms with Gasteiger partial charge in [0, 0.05) is 0 Å². The first-order chi connectivity index (χ1) is 8.10. The standard InChI is InChI=1S/C12H14N2O3/c1-8(2)17-10-7-5-4-6-9(10)11(14-13)12(15)16-3/h4-8H,1-3H3/p+1/b12-11-. The molecular formula is C12H15N2O3+. The molecule has 5 heteroatoms. The predicted octanol–water partition coefficient (Wildman–Crippen LogP) is 3.16. The average Bonchev–Trinajstić information content (AvgIpc) is 2.31. The van der Waals surface area contributed by atoms with Crippen molar-refractivity contribution >= 4 is 5.70 Å². The molecule has 0 bridgehead atoms. The van der Waals surface area contributed by atoms with Crippen molar-refractivity contribution in [2.24, 2.45) is 0 Å². The smallest absolute Gasteiger partial charge is 0.474 e. The monoisotopic (exact) mass is 235 g/mol. The molecular weight excluding hydrogens is 220 g/mol. The van der Waals surface area contributed by atoms with Gasteiger partial charge in [-0.05, 0) is 26.0 Å². The highest BCUT2D eigenvalue weighted by molar-refractivity contribution is 5.75. The van der Waals surface area contributed by atoms with Gasteiger partial charge in [0.1, 0.15) is 11.3 Å². The Morgan fingerprint density at radius 3 is 2.53 bits per heavy atom. The van der Waals surface area contributed by atoms with Crippen molar-refractivity contribution in [3.05, 3.63) is 40.8 Å². The number of methoxy groups -OCH3 is 1. The number of rotatable bonds is 4. The van der Waals surface area contributed by atoms with E-state index in [1.807, 2.05) is 13.8 Å². The molecule has 5 nitrogen and oxygen atoms in total. The van der Waals surface area contributed by atoms with Gasteiger partial charge in [-0.3, -0.25) is 0 Å². The van der Waals surface area contributed by atoms with Crippen LogP contribution in [0.25, 0.3) is 10.7 Å². The van der Waals surface area contributed by atoms with Crippen molar-refractivity contribution in [3.8, 4) is 5.75 Å². The Labute approximate surface area is 99.9 Å². The van der Waals surface area contributed by atoms with Crippen molar-refractivity contribution in [1.29, 1.82) is 5.39 Å². The molecule has 0 atom stereocenters. The molecule has 0 heterocycles. The average molecular weight is 235 g/mol. The fraction of sp³-hybridized carbons (Fsp3) is 0.333. The molecule has 0 amide bonds. The van der Waals surface area contributed by atoms with Crippen LogP contribution in [0.15, 0.2) is 30.2 Å². The van der Waals surface area contributed by atoms with E-state index >= 15 is 0 Å². The van der Waals surface area contributed by atoms with Crippen LogP contribution in [-0.4, -0.2) is 18.3 Å². The second-order valence-corrected chi connectivity index (χ2v) is 3.62. The van der Waals surface area contributed by atoms with Gasteiger partial charge in [0.2, 0.25) is 5.39 Å². The zero-order chi connectivity index (χ0) is 12.8. The van der Waals surface area contributed by atoms with Crippen molar-refractivity contribution in [2.45, 2.75) is 20.0 Å². The van der Waals surface area contributed by atoms with Crippen molar-refractivity contribution < 1.29 is 14.6 Å². The first kappa shape index (κ1) is 12.8. The Morgan fingerprint density at radius 2 is 2.00 bits per heavy atom. The second-order valence-electron chi connectivity index (χ2n) is 3.62. The lowest BCUT2D eigenvalue weighted by Crippen LogP contribution is -2.07. The lowest BCUT2D eigenvalue weighted by Gasteiger charge is -2.10. The van der Waals surface area contributed by atoms with Gasteiger partial charge in [-0.1, -0.05) is 12.1 Å². The van der Waals surface area contributed by atoms with Crippen LogP contribution in [0.3, 0.4) is 0 Å². The van der Waals surface area contributed by atoms with Crippen LogP contribution in [0.5, 0.6) is 5.75 Å². The van der Waals surface area contributed by atoms with Crippen LogP contribution < -0.4 is 4.74 Å². The van der Waals surface area contributed by atoms with Crippen LogP contribution >= 0.6 is 0 Å². The molecule has 0 radical (unpaired) electrons. The van der Waals surface area contributed by atoms with E-state index < -0.39 is 5.95 Å². The van der Waals surface area contributed by atoms with E-state index in [2.05, 4.69) is 9.71 Å². The highest BCUT2D eigenvalue weighted by Crippen LogP contribution is 2.29. The summed E-state index contributed by atoms with van der Waals surface area (Å²) in [5.41, 5.74) is 0.395. The van der Waals surface area contributed by atoms with Gasteiger partial charge < -0.3 is 14.6 Å². The van der Waals surface area contributed by atoms with Gasteiger partial charge in [-0.15, -0.1) is 0 Å². The maximum absolute atomic E-state index is 9.48. The van der Waals surface area contributed by atoms with Crippen LogP contribution in [0.1, 0.15) is 19.4 Å². The fourth-order valence-corrected chi connectivity index (χ4v) is 1.33. The van der Waals surface area contributed by atoms with E-state index in [4.69, 9.17) is 10.1 Å². The minimum Gasteiger partial charge on any atom is -0.490 e. The maximum Gasteiger partial charge on any atom is 0.474 e. The molecule has 0 saturated carbocycles. The number of aliphatic hydroxyl groups excluding tert-OH is 1. The van der Waals surface area contributed by atoms with E-state index in [1.165, 1.54) is 7.11 Å². The van der Waals surface area contributed by atoms with Crippen LogP contribution in [0.4, 0.5) is 0 Å². The predicted molar refractivity (Wildman–Crippen MR) is 63.8 cm³/mol. The Hall–Kier alpha value is -2.22. The third kappa shape index (κ3) is 3.11. The summed E-state index contributed by atoms with van der Waals surface area (Å²) < 4.78 is 10.2. The van der Waals surface area contributed by atoms with Gasteiger partial charge in [-0.2, -0.15) is 0 Å². The van der Waals surface area contributed by atoms with Gasteiger partial charge in [0.15, 0.2) is 4.98 Å². The Morgan fingerprint density at radius 1 is 1.35 bits per heavy atom. The first-order valence-electron chi connectivity index (χ1n) is 5.18. The quantitative estimate of drug-likeness (QED) is 0.643. The lowest BCUT2D eigenvalue weighted by molar-refractivity contribution is 0.139. The fourth-order valence-electron chi connectivity index (χ4n) is 1.33. The molecule has 0 saturated heterocycles. The van der Waals surface area contributed by atoms with Crippen molar-refractivity contribution in [2.75, 3.05) is 7.11 Å². The summed E-state index contributed by atoms with van der Waals surface area (Å²) in [5.74, 6) is 0.0474. The van der Waals surface area contributed by atoms with E-state index in [0.29, 0.717) is 11.3 Å². The molecule has 0 aliphatic rings. The normalized spacial score (nSPS) is 11.7. The van der Waals surface area contributed by atoms with Gasteiger partial charge in [0.05, 0.1) is 13.2 Å². The largest absolute Gasteiger partial charge is 0.490 e. The lowest BCUT2D eigenvalue weighted by atomic mass is 10.1. The molecule has 1 N–H and O–H groups in total. The Kier molecular flexibility index (Phi) is 4.35. The molecule has 0 aromatic heterocycles. The number of hydrogen-bond donors (Lipinski definition) is 1. The van der Waals surface area contributed by atoms with E-state index in [1.54, 1.807) is 24.3 Å². The molecule has 0 unspecified atom stereocenters. The van der Waals surface area contributed by atoms with Crippen LogP contribution in [0.2, 0.25) is 0 Å². The summed E-state index contributed by atoms with van der Waals surface area (Å²) >= 11 is 0. The molecule has 17 heavy (non-hydrogen) atoms. The molecule has 0 spiro atoms. The van der Waals surface area contributed by atoms with Gasteiger partial charge in [-0.25, -0.2) is 0 Å². The third-order valence-corrected chi connectivity index (χ3v) is 2.00. The molecule has 0 fully saturated rings. The van der Waals surface area contributed by atoms with Crippen LogP contribution in [-0.2, 0) is 4.74 Å². The zero-order valence-corrected chi connectivity index (χ0v) is 10.0. The van der Waals surface area contributed by atoms with Gasteiger partial charge >= 0.3 is 11.6 Å². The second kappa shape index (κ2) is 5.75. The van der Waals surface area contributed by atoms with Crippen molar-refractivity contribution in [1.82, 2.24) is 0 Å². The molecule has 1 aromatic rings. The van der Waals surface area contributed by atoms with Crippen LogP contribution in [0, 0.1) is 5.39 Å². The topological polar surface area (TPSA) is 66.8 Å². The molecule has 0 aliphatic carbocycles. The van der Waals surface area contributed by atoms with Crippen molar-refractivity contribution in [3.63, 3.8) is 0 Å². The third-order valence-electron chi connectivity index (χ3n) is 2.00. The molecule has 1 rings (SSSR count). The minimum atomic E-state index is -0.465. The summed E-state index contributed by atoms with van der Waals surface area (Å²) in [7, 11) is 1.28. The number of diazo groups is 1. The minimum absolute atomic E-state index is 0.0271. The number of aliphatic hydroxyl groups is 1. The maximum atomic E-state index is 9.48. The summed E-state index contributed by atoms with van der Waals surface area (Å²) in [6, 6.07) is 6.93. The summed E-state index contributed by atoms with van der Waals surface area (Å²) in [4.78, 5) is 3.02. The number of hydrogen-bond acceptors (Lipinski definition) is 4. The van der Waals surface area contributed by atoms with E-state index in [0.717, 1.165) is 0 Å². The van der Waals surface area contributed by atoms with Gasteiger partial charge in [0.25, 0.3) is 0 Å². The number of benzene rings is 1. The SMILES string of the molecule is CO/C(O)=C(\[N+]#N)c1ccccc1OC(C)C. The number of nitrogens with zero attached hydrogens (tertiary/aromatic N) is 2. The Bertz CT molecular complexity index is 461. The Balaban J connectivity index is 3.26. The molecule has 1 aromatic carbocycles. The summed E-state index contributed by atoms with van der Waals surface area (Å²) in [5, 5.41) is 18.4. The summed E-state index contributed by atoms with van der Waals surface area (Å²) in [6.07, 6.45) is -0.0271. The first-order valence-corrected chi connectivity index (χ1v) is 5.18. The summed E-state index contributed by atoms with van der Waals surface area (Å²) in [6.45, 7) is 3.76. The van der Waals surface area contributed by atoms with E-state index in [9.17, 15) is 5.11 Å². The highest BCUT2D eigenvalue weighted by atomic mass is 16.6. The number of para-hydroxylation sites is 1. The highest BCUT2D eigenvalue weighted by Gasteiger charge is 2.27. The van der Waals surface area contributed by atoms with E-state index in [-0.39, 0.29) is 11.8 Å².